The molecule has 0 unspecified atom stereocenters. The van der Waals surface area contributed by atoms with E-state index in [0.717, 1.165) is 23.7 Å². The number of anilines is 1. The Kier molecular flexibility index (Phi) is 7.41. The molecule has 0 aliphatic carbocycles. The topological polar surface area (TPSA) is 29.5 Å². The highest BCUT2D eigenvalue weighted by Gasteiger charge is 2.22. The third-order valence-electron chi connectivity index (χ3n) is 2.86. The molecule has 106 valence electrons. The predicted molar refractivity (Wildman–Crippen MR) is 82.9 cm³/mol. The van der Waals surface area contributed by atoms with Gasteiger partial charge in [-0.3, -0.25) is 0 Å². The summed E-state index contributed by atoms with van der Waals surface area (Å²) in [6.07, 6.45) is 0. The van der Waals surface area contributed by atoms with E-state index in [1.807, 2.05) is 55.9 Å². The van der Waals surface area contributed by atoms with E-state index in [0.29, 0.717) is 6.61 Å². The summed E-state index contributed by atoms with van der Waals surface area (Å²) in [5, 5.41) is 0. The first kappa shape index (κ1) is 15.9. The zero-order chi connectivity index (χ0) is 14.1. The number of carbonyl (C=O) groups is 1. The molecule has 19 heavy (non-hydrogen) atoms. The molecule has 0 aromatic heterocycles. The molecule has 0 aliphatic heterocycles. The van der Waals surface area contributed by atoms with Crippen LogP contribution in [0.25, 0.3) is 0 Å². The van der Waals surface area contributed by atoms with Crippen LogP contribution in [0.4, 0.5) is 5.69 Å². The number of carbonyl (C=O) groups excluding carboxylic acids is 1. The first-order valence-electron chi connectivity index (χ1n) is 6.76. The molecule has 1 atom stereocenters. The molecule has 0 N–H and O–H groups in total. The predicted octanol–water partition coefficient (Wildman–Crippen LogP) is 3.20. The molecule has 1 aromatic rings. The maximum atomic E-state index is 11.9. The molecule has 0 saturated heterocycles. The second kappa shape index (κ2) is 8.86. The molecule has 0 spiro atoms. The number of benzene rings is 1. The minimum absolute atomic E-state index is 0.159. The van der Waals surface area contributed by atoms with Crippen molar-refractivity contribution >= 4 is 23.4 Å². The first-order valence-corrected chi connectivity index (χ1v) is 7.92. The number of thioether (sulfide) groups is 1. The Bertz CT molecular complexity index is 370. The van der Waals surface area contributed by atoms with Gasteiger partial charge < -0.3 is 9.64 Å². The highest BCUT2D eigenvalue weighted by atomic mass is 32.2. The highest BCUT2D eigenvalue weighted by Crippen LogP contribution is 2.18. The third kappa shape index (κ3) is 5.15. The van der Waals surface area contributed by atoms with Gasteiger partial charge in [0.2, 0.25) is 0 Å². The van der Waals surface area contributed by atoms with Crippen molar-refractivity contribution in [3.05, 3.63) is 30.3 Å². The van der Waals surface area contributed by atoms with Crippen molar-refractivity contribution in [1.82, 2.24) is 0 Å². The molecule has 3 nitrogen and oxygen atoms in total. The zero-order valence-corrected chi connectivity index (χ0v) is 12.8. The summed E-state index contributed by atoms with van der Waals surface area (Å²) < 4.78 is 5.13. The minimum Gasteiger partial charge on any atom is -0.464 e. The molecular formula is C15H23NO2S. The molecule has 0 aliphatic rings. The number of hydrogen-bond acceptors (Lipinski definition) is 4. The average molecular weight is 281 g/mol. The fraction of sp³-hybridized carbons (Fsp3) is 0.533. The fourth-order valence-corrected chi connectivity index (χ4v) is 2.48. The molecule has 0 bridgehead atoms. The van der Waals surface area contributed by atoms with Crippen LogP contribution in [0, 0.1) is 0 Å². The van der Waals surface area contributed by atoms with E-state index >= 15 is 0 Å². The van der Waals surface area contributed by atoms with Gasteiger partial charge in [-0.05, 0) is 31.7 Å². The summed E-state index contributed by atoms with van der Waals surface area (Å²) in [5.74, 6) is 1.94. The zero-order valence-electron chi connectivity index (χ0n) is 12.0. The van der Waals surface area contributed by atoms with Gasteiger partial charge in [0.25, 0.3) is 0 Å². The Morgan fingerprint density at radius 1 is 1.32 bits per heavy atom. The molecule has 0 saturated carbocycles. The Morgan fingerprint density at radius 3 is 2.58 bits per heavy atom. The van der Waals surface area contributed by atoms with Gasteiger partial charge in [0, 0.05) is 18.0 Å². The third-order valence-corrected chi connectivity index (χ3v) is 3.74. The monoisotopic (exact) mass is 281 g/mol. The molecule has 0 fully saturated rings. The number of esters is 1. The SMILES string of the molecule is CCOC(=O)[C@H](C)N(CCSCC)c1ccccc1. The molecule has 0 radical (unpaired) electrons. The van der Waals surface area contributed by atoms with Crippen molar-refractivity contribution in [2.75, 3.05) is 29.6 Å². The van der Waals surface area contributed by atoms with E-state index in [4.69, 9.17) is 4.74 Å². The summed E-state index contributed by atoms with van der Waals surface area (Å²) in [5.41, 5.74) is 1.07. The van der Waals surface area contributed by atoms with E-state index in [9.17, 15) is 4.79 Å². The van der Waals surface area contributed by atoms with Crippen LogP contribution in [0.5, 0.6) is 0 Å². The summed E-state index contributed by atoms with van der Waals surface area (Å²) in [6.45, 7) is 7.16. The number of rotatable bonds is 8. The number of ether oxygens (including phenoxy) is 1. The van der Waals surface area contributed by atoms with Gasteiger partial charge in [-0.15, -0.1) is 0 Å². The largest absolute Gasteiger partial charge is 0.464 e. The number of nitrogens with zero attached hydrogens (tertiary/aromatic N) is 1. The van der Waals surface area contributed by atoms with Gasteiger partial charge in [0.05, 0.1) is 6.61 Å². The van der Waals surface area contributed by atoms with Gasteiger partial charge in [-0.25, -0.2) is 4.79 Å². The molecule has 0 amide bonds. The van der Waals surface area contributed by atoms with Crippen LogP contribution >= 0.6 is 11.8 Å². The maximum absolute atomic E-state index is 11.9. The lowest BCUT2D eigenvalue weighted by Crippen LogP contribution is -2.41. The number of para-hydroxylation sites is 1. The van der Waals surface area contributed by atoms with Crippen LogP contribution in [0.3, 0.4) is 0 Å². The lowest BCUT2D eigenvalue weighted by atomic mass is 10.2. The van der Waals surface area contributed by atoms with Crippen molar-refractivity contribution in [2.24, 2.45) is 0 Å². The van der Waals surface area contributed by atoms with Crippen LogP contribution in [0.1, 0.15) is 20.8 Å². The van der Waals surface area contributed by atoms with Gasteiger partial charge in [-0.1, -0.05) is 25.1 Å². The Balaban J connectivity index is 2.77. The molecule has 0 heterocycles. The van der Waals surface area contributed by atoms with E-state index < -0.39 is 0 Å². The quantitative estimate of drug-likeness (QED) is 0.540. The van der Waals surface area contributed by atoms with Crippen LogP contribution < -0.4 is 4.90 Å². The van der Waals surface area contributed by atoms with Crippen LogP contribution in [0.15, 0.2) is 30.3 Å². The summed E-state index contributed by atoms with van der Waals surface area (Å²) >= 11 is 1.88. The van der Waals surface area contributed by atoms with Gasteiger partial charge in [-0.2, -0.15) is 11.8 Å². The minimum atomic E-state index is -0.250. The smallest absolute Gasteiger partial charge is 0.328 e. The standard InChI is InChI=1S/C15H23NO2S/c1-4-18-15(17)13(3)16(11-12-19-5-2)14-9-7-6-8-10-14/h6-10,13H,4-5,11-12H2,1-3H3/t13-/m0/s1. The maximum Gasteiger partial charge on any atom is 0.328 e. The van der Waals surface area contributed by atoms with Gasteiger partial charge >= 0.3 is 5.97 Å². The van der Waals surface area contributed by atoms with Gasteiger partial charge in [0.15, 0.2) is 0 Å². The van der Waals surface area contributed by atoms with Crippen molar-refractivity contribution in [3.8, 4) is 0 Å². The van der Waals surface area contributed by atoms with Gasteiger partial charge in [0.1, 0.15) is 6.04 Å². The second-order valence-electron chi connectivity index (χ2n) is 4.15. The van der Waals surface area contributed by atoms with E-state index in [-0.39, 0.29) is 12.0 Å². The lowest BCUT2D eigenvalue weighted by Gasteiger charge is -2.29. The number of hydrogen-bond donors (Lipinski definition) is 0. The summed E-state index contributed by atoms with van der Waals surface area (Å²) in [7, 11) is 0. The fourth-order valence-electron chi connectivity index (χ4n) is 1.86. The Labute approximate surface area is 120 Å². The van der Waals surface area contributed by atoms with E-state index in [1.54, 1.807) is 0 Å². The molecule has 4 heteroatoms. The summed E-state index contributed by atoms with van der Waals surface area (Å²) in [6, 6.07) is 9.79. The Hall–Kier alpha value is -1.16. The molecule has 1 rings (SSSR count). The summed E-state index contributed by atoms with van der Waals surface area (Å²) in [4.78, 5) is 14.0. The highest BCUT2D eigenvalue weighted by molar-refractivity contribution is 7.99. The van der Waals surface area contributed by atoms with Crippen LogP contribution in [0.2, 0.25) is 0 Å². The molecular weight excluding hydrogens is 258 g/mol. The van der Waals surface area contributed by atoms with Crippen molar-refractivity contribution in [1.29, 1.82) is 0 Å². The van der Waals surface area contributed by atoms with Crippen molar-refractivity contribution < 1.29 is 9.53 Å². The van der Waals surface area contributed by atoms with Crippen molar-refractivity contribution in [3.63, 3.8) is 0 Å². The average Bonchev–Trinajstić information content (AvgIpc) is 2.44. The molecule has 1 aromatic carbocycles. The lowest BCUT2D eigenvalue weighted by molar-refractivity contribution is -0.144. The van der Waals surface area contributed by atoms with E-state index in [2.05, 4.69) is 11.8 Å². The second-order valence-corrected chi connectivity index (χ2v) is 5.55. The normalized spacial score (nSPS) is 11.9. The van der Waals surface area contributed by atoms with Crippen LogP contribution in [-0.2, 0) is 9.53 Å². The Morgan fingerprint density at radius 2 is 2.00 bits per heavy atom. The van der Waals surface area contributed by atoms with Crippen LogP contribution in [-0.4, -0.2) is 36.7 Å². The first-order chi connectivity index (χ1) is 9.20. The van der Waals surface area contributed by atoms with E-state index in [1.165, 1.54) is 0 Å². The van der Waals surface area contributed by atoms with Crippen molar-refractivity contribution in [2.45, 2.75) is 26.8 Å².